The summed E-state index contributed by atoms with van der Waals surface area (Å²) in [5, 5.41) is 3.96. The van der Waals surface area contributed by atoms with Gasteiger partial charge in [0, 0.05) is 35.1 Å². The summed E-state index contributed by atoms with van der Waals surface area (Å²) in [4.78, 5) is 9.84. The lowest BCUT2D eigenvalue weighted by atomic mass is 10.1. The minimum atomic E-state index is 0.486. The Labute approximate surface area is 130 Å². The molecule has 1 unspecified atom stereocenters. The molecule has 3 nitrogen and oxygen atoms in total. The van der Waals surface area contributed by atoms with Gasteiger partial charge in [-0.15, -0.1) is 11.8 Å². The monoisotopic (exact) mass is 309 g/mol. The molecule has 0 aromatic carbocycles. The van der Waals surface area contributed by atoms with E-state index in [2.05, 4.69) is 12.2 Å². The standard InChI is InChI=1S/C15H23N3S2/c1-2-16-14-11-6-4-3-5-7-12(11)17-15(18-14)13-10-19-8-9-20-13/h13H,2-10H2,1H3,(H,16,17,18). The fraction of sp³-hybridized carbons (Fsp3) is 0.733. The fourth-order valence-electron chi connectivity index (χ4n) is 2.88. The van der Waals surface area contributed by atoms with Crippen molar-refractivity contribution in [2.24, 2.45) is 0 Å². The molecule has 0 bridgehead atoms. The average molecular weight is 310 g/mol. The van der Waals surface area contributed by atoms with E-state index in [0.29, 0.717) is 5.25 Å². The van der Waals surface area contributed by atoms with E-state index in [9.17, 15) is 0 Å². The first-order chi connectivity index (χ1) is 9.88. The minimum Gasteiger partial charge on any atom is -0.370 e. The maximum absolute atomic E-state index is 4.95. The van der Waals surface area contributed by atoms with Gasteiger partial charge in [-0.05, 0) is 32.6 Å². The Morgan fingerprint density at radius 2 is 2.05 bits per heavy atom. The zero-order valence-corrected chi connectivity index (χ0v) is 13.8. The van der Waals surface area contributed by atoms with Crippen molar-refractivity contribution in [1.82, 2.24) is 9.97 Å². The zero-order valence-electron chi connectivity index (χ0n) is 12.2. The number of hydrogen-bond acceptors (Lipinski definition) is 5. The largest absolute Gasteiger partial charge is 0.370 e. The molecule has 3 rings (SSSR count). The SMILES string of the molecule is CCNc1nc(C2CSCCS2)nc2c1CCCCC2. The number of fused-ring (bicyclic) bond motifs is 1. The van der Waals surface area contributed by atoms with E-state index < -0.39 is 0 Å². The number of thioether (sulfide) groups is 2. The van der Waals surface area contributed by atoms with Crippen LogP contribution in [0, 0.1) is 0 Å². The smallest absolute Gasteiger partial charge is 0.144 e. The molecule has 1 N–H and O–H groups in total. The molecule has 0 amide bonds. The highest BCUT2D eigenvalue weighted by Gasteiger charge is 2.23. The zero-order chi connectivity index (χ0) is 13.8. The third kappa shape index (κ3) is 3.25. The molecule has 1 aromatic heterocycles. The van der Waals surface area contributed by atoms with Crippen LogP contribution in [0.1, 0.15) is 48.5 Å². The Hall–Kier alpha value is -0.420. The number of nitrogens with zero attached hydrogens (tertiary/aromatic N) is 2. The predicted octanol–water partition coefficient (Wildman–Crippen LogP) is 3.70. The van der Waals surface area contributed by atoms with E-state index in [1.54, 1.807) is 0 Å². The first kappa shape index (κ1) is 14.5. The second-order valence-corrected chi connectivity index (χ2v) is 7.84. The lowest BCUT2D eigenvalue weighted by molar-refractivity contribution is 0.708. The molecule has 20 heavy (non-hydrogen) atoms. The Morgan fingerprint density at radius 1 is 1.15 bits per heavy atom. The van der Waals surface area contributed by atoms with Crippen molar-refractivity contribution in [3.8, 4) is 0 Å². The second kappa shape index (κ2) is 7.03. The number of hydrogen-bond donors (Lipinski definition) is 1. The summed E-state index contributed by atoms with van der Waals surface area (Å²) in [6, 6.07) is 0. The molecule has 110 valence electrons. The van der Waals surface area contributed by atoms with Gasteiger partial charge < -0.3 is 5.32 Å². The number of anilines is 1. The molecule has 1 aliphatic heterocycles. The lowest BCUT2D eigenvalue weighted by Gasteiger charge is -2.22. The first-order valence-corrected chi connectivity index (χ1v) is 9.91. The molecule has 0 radical (unpaired) electrons. The predicted molar refractivity (Wildman–Crippen MR) is 90.0 cm³/mol. The van der Waals surface area contributed by atoms with Crippen molar-refractivity contribution in [3.05, 3.63) is 17.1 Å². The summed E-state index contributed by atoms with van der Waals surface area (Å²) in [7, 11) is 0. The van der Waals surface area contributed by atoms with Crippen molar-refractivity contribution >= 4 is 29.3 Å². The summed E-state index contributed by atoms with van der Waals surface area (Å²) < 4.78 is 0. The van der Waals surface area contributed by atoms with Crippen LogP contribution in [0.2, 0.25) is 0 Å². The van der Waals surface area contributed by atoms with Gasteiger partial charge in [0.15, 0.2) is 0 Å². The summed E-state index contributed by atoms with van der Waals surface area (Å²) in [6.45, 7) is 3.09. The quantitative estimate of drug-likeness (QED) is 0.862. The Morgan fingerprint density at radius 3 is 2.85 bits per heavy atom. The van der Waals surface area contributed by atoms with Gasteiger partial charge in [-0.25, -0.2) is 9.97 Å². The lowest BCUT2D eigenvalue weighted by Crippen LogP contribution is -2.15. The molecule has 5 heteroatoms. The molecule has 0 spiro atoms. The number of rotatable bonds is 3. The molecular formula is C15H23N3S2. The van der Waals surface area contributed by atoms with Crippen molar-refractivity contribution in [2.45, 2.75) is 44.3 Å². The van der Waals surface area contributed by atoms with Crippen molar-refractivity contribution in [2.75, 3.05) is 29.1 Å². The van der Waals surface area contributed by atoms with Gasteiger partial charge in [-0.3, -0.25) is 0 Å². The third-order valence-electron chi connectivity index (χ3n) is 3.90. The van der Waals surface area contributed by atoms with Crippen LogP contribution >= 0.6 is 23.5 Å². The molecule has 0 saturated carbocycles. The normalized spacial score (nSPS) is 22.9. The van der Waals surface area contributed by atoms with Crippen LogP contribution in [-0.4, -0.2) is 33.8 Å². The maximum atomic E-state index is 4.95. The molecular weight excluding hydrogens is 286 g/mol. The summed E-state index contributed by atoms with van der Waals surface area (Å²) in [5.74, 6) is 5.84. The summed E-state index contributed by atoms with van der Waals surface area (Å²) in [6.07, 6.45) is 6.16. The van der Waals surface area contributed by atoms with Crippen LogP contribution in [0.4, 0.5) is 5.82 Å². The number of nitrogens with one attached hydrogen (secondary N) is 1. The van der Waals surface area contributed by atoms with Gasteiger partial charge in [0.25, 0.3) is 0 Å². The second-order valence-electron chi connectivity index (χ2n) is 5.38. The highest BCUT2D eigenvalue weighted by molar-refractivity contribution is 8.06. The van der Waals surface area contributed by atoms with Gasteiger partial charge in [0.2, 0.25) is 0 Å². The minimum absolute atomic E-state index is 0.486. The van der Waals surface area contributed by atoms with Gasteiger partial charge in [-0.1, -0.05) is 6.42 Å². The molecule has 1 fully saturated rings. The van der Waals surface area contributed by atoms with Crippen molar-refractivity contribution in [1.29, 1.82) is 0 Å². The van der Waals surface area contributed by atoms with Gasteiger partial charge in [0.1, 0.15) is 11.6 Å². The van der Waals surface area contributed by atoms with E-state index in [1.165, 1.54) is 42.0 Å². The molecule has 1 saturated heterocycles. The highest BCUT2D eigenvalue weighted by atomic mass is 32.2. The van der Waals surface area contributed by atoms with Crippen LogP contribution in [-0.2, 0) is 12.8 Å². The van der Waals surface area contributed by atoms with Crippen molar-refractivity contribution < 1.29 is 0 Å². The Bertz CT molecular complexity index is 459. The van der Waals surface area contributed by atoms with Gasteiger partial charge in [-0.2, -0.15) is 11.8 Å². The fourth-order valence-corrected chi connectivity index (χ4v) is 5.48. The highest BCUT2D eigenvalue weighted by Crippen LogP contribution is 2.36. The number of aryl methyl sites for hydroxylation is 1. The van der Waals surface area contributed by atoms with Crippen LogP contribution in [0.15, 0.2) is 0 Å². The van der Waals surface area contributed by atoms with E-state index in [-0.39, 0.29) is 0 Å². The number of aromatic nitrogens is 2. The van der Waals surface area contributed by atoms with Crippen LogP contribution in [0.5, 0.6) is 0 Å². The van der Waals surface area contributed by atoms with Crippen LogP contribution in [0.25, 0.3) is 0 Å². The third-order valence-corrected chi connectivity index (χ3v) is 6.65. The molecule has 1 atom stereocenters. The summed E-state index contributed by atoms with van der Waals surface area (Å²) in [5.41, 5.74) is 2.71. The van der Waals surface area contributed by atoms with Gasteiger partial charge in [0.05, 0.1) is 5.25 Å². The Balaban J connectivity index is 1.94. The van der Waals surface area contributed by atoms with E-state index in [0.717, 1.165) is 36.8 Å². The van der Waals surface area contributed by atoms with Gasteiger partial charge >= 0.3 is 0 Å². The maximum Gasteiger partial charge on any atom is 0.144 e. The van der Waals surface area contributed by atoms with Crippen LogP contribution < -0.4 is 5.32 Å². The van der Waals surface area contributed by atoms with E-state index >= 15 is 0 Å². The van der Waals surface area contributed by atoms with Crippen LogP contribution in [0.3, 0.4) is 0 Å². The summed E-state index contributed by atoms with van der Waals surface area (Å²) >= 11 is 4.06. The van der Waals surface area contributed by atoms with Crippen molar-refractivity contribution in [3.63, 3.8) is 0 Å². The Kier molecular flexibility index (Phi) is 5.10. The molecule has 2 heterocycles. The molecule has 2 aliphatic rings. The van der Waals surface area contributed by atoms with E-state index in [1.807, 2.05) is 23.5 Å². The first-order valence-electron chi connectivity index (χ1n) is 7.71. The molecule has 1 aromatic rings. The topological polar surface area (TPSA) is 37.8 Å². The average Bonchev–Trinajstić information content (AvgIpc) is 2.74. The molecule has 1 aliphatic carbocycles. The van der Waals surface area contributed by atoms with E-state index in [4.69, 9.17) is 9.97 Å².